The van der Waals surface area contributed by atoms with Crippen molar-refractivity contribution in [2.45, 2.75) is 25.3 Å². The largest absolute Gasteiger partial charge is 0.477 e. The lowest BCUT2D eigenvalue weighted by atomic mass is 9.93. The Hall–Kier alpha value is -2.11. The zero-order valence-corrected chi connectivity index (χ0v) is 9.14. The third-order valence-corrected chi connectivity index (χ3v) is 2.68. The zero-order valence-electron chi connectivity index (χ0n) is 9.14. The minimum atomic E-state index is -1.12. The number of carboxylic acids is 1. The van der Waals surface area contributed by atoms with Gasteiger partial charge >= 0.3 is 12.0 Å². The Labute approximate surface area is 98.1 Å². The highest BCUT2D eigenvalue weighted by Crippen LogP contribution is 2.18. The molecular formula is C11H13N3O3. The smallest absolute Gasteiger partial charge is 0.354 e. The molecule has 90 valence electrons. The molecule has 1 saturated carbocycles. The van der Waals surface area contributed by atoms with Crippen LogP contribution < -0.4 is 10.6 Å². The van der Waals surface area contributed by atoms with Crippen molar-refractivity contribution in [2.75, 3.05) is 5.32 Å². The van der Waals surface area contributed by atoms with Gasteiger partial charge in [-0.3, -0.25) is 0 Å². The van der Waals surface area contributed by atoms with Crippen molar-refractivity contribution in [3.05, 3.63) is 24.0 Å². The number of pyridine rings is 1. The third-order valence-electron chi connectivity index (χ3n) is 2.68. The summed E-state index contributed by atoms with van der Waals surface area (Å²) in [5.41, 5.74) is 0.334. The Kier molecular flexibility index (Phi) is 3.22. The Morgan fingerprint density at radius 1 is 1.41 bits per heavy atom. The molecule has 0 unspecified atom stereocenters. The van der Waals surface area contributed by atoms with E-state index in [0.717, 1.165) is 19.3 Å². The number of carbonyl (C=O) groups is 2. The summed E-state index contributed by atoms with van der Waals surface area (Å²) in [6, 6.07) is 2.81. The van der Waals surface area contributed by atoms with E-state index in [-0.39, 0.29) is 17.8 Å². The molecule has 0 aromatic carbocycles. The molecule has 2 amide bonds. The first kappa shape index (κ1) is 11.4. The van der Waals surface area contributed by atoms with Gasteiger partial charge in [0.05, 0.1) is 0 Å². The lowest BCUT2D eigenvalue weighted by Crippen LogP contribution is -2.41. The van der Waals surface area contributed by atoms with Gasteiger partial charge in [0.1, 0.15) is 5.69 Å². The minimum Gasteiger partial charge on any atom is -0.477 e. The van der Waals surface area contributed by atoms with Crippen molar-refractivity contribution in [2.24, 2.45) is 0 Å². The second-order valence-electron chi connectivity index (χ2n) is 3.96. The van der Waals surface area contributed by atoms with Gasteiger partial charge in [-0.05, 0) is 31.4 Å². The van der Waals surface area contributed by atoms with Gasteiger partial charge in [-0.25, -0.2) is 14.6 Å². The Morgan fingerprint density at radius 3 is 2.76 bits per heavy atom. The molecule has 17 heavy (non-hydrogen) atoms. The Morgan fingerprint density at radius 2 is 2.18 bits per heavy atom. The van der Waals surface area contributed by atoms with Crippen molar-refractivity contribution in [1.29, 1.82) is 0 Å². The number of nitrogens with zero attached hydrogens (tertiary/aromatic N) is 1. The molecule has 3 N–H and O–H groups in total. The number of hydrogen-bond acceptors (Lipinski definition) is 3. The number of carbonyl (C=O) groups excluding carboxylic acids is 1. The van der Waals surface area contributed by atoms with Crippen LogP contribution in [0.2, 0.25) is 0 Å². The summed E-state index contributed by atoms with van der Waals surface area (Å²) < 4.78 is 0. The van der Waals surface area contributed by atoms with Crippen LogP contribution >= 0.6 is 0 Å². The van der Waals surface area contributed by atoms with Gasteiger partial charge in [0.15, 0.2) is 0 Å². The average Bonchev–Trinajstić information content (AvgIpc) is 2.24. The number of rotatable bonds is 3. The number of anilines is 1. The van der Waals surface area contributed by atoms with E-state index >= 15 is 0 Å². The van der Waals surface area contributed by atoms with Crippen LogP contribution in [-0.4, -0.2) is 28.1 Å². The summed E-state index contributed by atoms with van der Waals surface area (Å²) in [7, 11) is 0. The highest BCUT2D eigenvalue weighted by Gasteiger charge is 2.19. The fraction of sp³-hybridized carbons (Fsp3) is 0.364. The molecular weight excluding hydrogens is 222 g/mol. The van der Waals surface area contributed by atoms with E-state index in [2.05, 4.69) is 15.6 Å². The molecule has 0 spiro atoms. The maximum absolute atomic E-state index is 11.5. The Bertz CT molecular complexity index is 443. The van der Waals surface area contributed by atoms with Crippen LogP contribution in [0.25, 0.3) is 0 Å². The summed E-state index contributed by atoms with van der Waals surface area (Å²) in [6.07, 6.45) is 4.50. The molecule has 6 nitrogen and oxygen atoms in total. The lowest BCUT2D eigenvalue weighted by molar-refractivity contribution is 0.0690. The van der Waals surface area contributed by atoms with E-state index in [1.54, 1.807) is 6.07 Å². The number of hydrogen-bond donors (Lipinski definition) is 3. The van der Waals surface area contributed by atoms with E-state index in [9.17, 15) is 9.59 Å². The molecule has 1 aromatic rings. The summed E-state index contributed by atoms with van der Waals surface area (Å²) in [5.74, 6) is -1.12. The van der Waals surface area contributed by atoms with Crippen LogP contribution in [0.15, 0.2) is 18.3 Å². The van der Waals surface area contributed by atoms with E-state index < -0.39 is 5.97 Å². The van der Waals surface area contributed by atoms with Crippen molar-refractivity contribution >= 4 is 17.7 Å². The van der Waals surface area contributed by atoms with Gasteiger partial charge < -0.3 is 15.7 Å². The fourth-order valence-electron chi connectivity index (χ4n) is 1.53. The van der Waals surface area contributed by atoms with Gasteiger partial charge in [-0.15, -0.1) is 0 Å². The molecule has 1 fully saturated rings. The first-order chi connectivity index (χ1) is 8.15. The van der Waals surface area contributed by atoms with Crippen LogP contribution in [0.3, 0.4) is 0 Å². The van der Waals surface area contributed by atoms with E-state index in [1.807, 2.05) is 0 Å². The van der Waals surface area contributed by atoms with Crippen LogP contribution in [0, 0.1) is 0 Å². The normalized spacial score (nSPS) is 14.8. The molecule has 0 aliphatic heterocycles. The molecule has 1 aliphatic rings. The number of amides is 2. The number of nitrogens with one attached hydrogen (secondary N) is 2. The summed E-state index contributed by atoms with van der Waals surface area (Å²) in [6.45, 7) is 0. The zero-order chi connectivity index (χ0) is 12.3. The van der Waals surface area contributed by atoms with Crippen molar-refractivity contribution in [3.63, 3.8) is 0 Å². The molecule has 0 saturated heterocycles. The van der Waals surface area contributed by atoms with Crippen LogP contribution in [0.5, 0.6) is 0 Å². The predicted octanol–water partition coefficient (Wildman–Crippen LogP) is 1.45. The molecule has 1 heterocycles. The minimum absolute atomic E-state index is 0.0913. The predicted molar refractivity (Wildman–Crippen MR) is 61.0 cm³/mol. The second kappa shape index (κ2) is 4.82. The lowest BCUT2D eigenvalue weighted by Gasteiger charge is -2.26. The van der Waals surface area contributed by atoms with Gasteiger partial charge in [0.2, 0.25) is 0 Å². The van der Waals surface area contributed by atoms with Gasteiger partial charge in [-0.2, -0.15) is 0 Å². The molecule has 1 aromatic heterocycles. The molecule has 1 aliphatic carbocycles. The molecule has 6 heteroatoms. The van der Waals surface area contributed by atoms with Gasteiger partial charge in [-0.1, -0.05) is 0 Å². The molecule has 2 rings (SSSR count). The van der Waals surface area contributed by atoms with Gasteiger partial charge in [0, 0.05) is 17.9 Å². The first-order valence-corrected chi connectivity index (χ1v) is 5.42. The van der Waals surface area contributed by atoms with E-state index in [1.165, 1.54) is 12.3 Å². The fourth-order valence-corrected chi connectivity index (χ4v) is 1.53. The van der Waals surface area contributed by atoms with Gasteiger partial charge in [0.25, 0.3) is 0 Å². The van der Waals surface area contributed by atoms with Crippen molar-refractivity contribution in [3.8, 4) is 0 Å². The maximum Gasteiger partial charge on any atom is 0.354 e. The second-order valence-corrected chi connectivity index (χ2v) is 3.96. The summed E-state index contributed by atoms with van der Waals surface area (Å²) >= 11 is 0. The average molecular weight is 235 g/mol. The van der Waals surface area contributed by atoms with E-state index in [0.29, 0.717) is 5.69 Å². The quantitative estimate of drug-likeness (QED) is 0.739. The van der Waals surface area contributed by atoms with Crippen LogP contribution in [-0.2, 0) is 0 Å². The van der Waals surface area contributed by atoms with E-state index in [4.69, 9.17) is 5.11 Å². The third kappa shape index (κ3) is 2.93. The highest BCUT2D eigenvalue weighted by atomic mass is 16.4. The first-order valence-electron chi connectivity index (χ1n) is 5.42. The maximum atomic E-state index is 11.5. The Balaban J connectivity index is 1.95. The van der Waals surface area contributed by atoms with Crippen LogP contribution in [0.4, 0.5) is 10.5 Å². The molecule has 0 radical (unpaired) electrons. The summed E-state index contributed by atoms with van der Waals surface area (Å²) in [5, 5.41) is 14.1. The monoisotopic (exact) mass is 235 g/mol. The number of aromatic nitrogens is 1. The number of urea groups is 1. The molecule has 0 bridgehead atoms. The highest BCUT2D eigenvalue weighted by molar-refractivity contribution is 5.92. The SMILES string of the molecule is O=C(Nc1ccnc(C(=O)O)c1)NC1CCC1. The topological polar surface area (TPSA) is 91.3 Å². The standard InChI is InChI=1S/C11H13N3O3/c15-10(16)9-6-8(4-5-12-9)14-11(17)13-7-2-1-3-7/h4-7H,1-3H2,(H,15,16)(H2,12,13,14,17). The molecule has 0 atom stereocenters. The van der Waals surface area contributed by atoms with Crippen molar-refractivity contribution in [1.82, 2.24) is 10.3 Å². The van der Waals surface area contributed by atoms with Crippen molar-refractivity contribution < 1.29 is 14.7 Å². The number of carboxylic acid groups (broad SMARTS) is 1. The summed E-state index contributed by atoms with van der Waals surface area (Å²) in [4.78, 5) is 25.9. The van der Waals surface area contributed by atoms with Crippen LogP contribution in [0.1, 0.15) is 29.8 Å². The number of aromatic carboxylic acids is 1.